The summed E-state index contributed by atoms with van der Waals surface area (Å²) in [6.07, 6.45) is 0. The van der Waals surface area contributed by atoms with E-state index in [1.807, 2.05) is 6.07 Å². The summed E-state index contributed by atoms with van der Waals surface area (Å²) in [6.45, 7) is 7.75. The molecular formula is C24H27FN4O3. The second-order valence-corrected chi connectivity index (χ2v) is 8.04. The van der Waals surface area contributed by atoms with Gasteiger partial charge in [-0.05, 0) is 56.7 Å². The first-order valence-corrected chi connectivity index (χ1v) is 10.7. The number of H-pyrrole nitrogens is 1. The molecule has 168 valence electrons. The number of carbonyl (C=O) groups is 2. The summed E-state index contributed by atoms with van der Waals surface area (Å²) in [5, 5.41) is 3.25. The Balaban J connectivity index is 1.55. The van der Waals surface area contributed by atoms with Crippen molar-refractivity contribution in [2.75, 3.05) is 36.5 Å². The smallest absolute Gasteiger partial charge is 0.356 e. The van der Waals surface area contributed by atoms with E-state index in [0.29, 0.717) is 30.5 Å². The number of nitrogens with zero attached hydrogens (tertiary/aromatic N) is 2. The van der Waals surface area contributed by atoms with Crippen molar-refractivity contribution in [3.8, 4) is 0 Å². The third-order valence-electron chi connectivity index (χ3n) is 5.72. The molecule has 32 heavy (non-hydrogen) atoms. The van der Waals surface area contributed by atoms with Crippen LogP contribution in [0.2, 0.25) is 0 Å². The molecule has 0 radical (unpaired) electrons. The zero-order valence-electron chi connectivity index (χ0n) is 18.4. The molecule has 0 spiro atoms. The van der Waals surface area contributed by atoms with Crippen LogP contribution < -0.4 is 10.2 Å². The maximum absolute atomic E-state index is 13.9. The van der Waals surface area contributed by atoms with Crippen molar-refractivity contribution >= 4 is 34.3 Å². The first-order valence-electron chi connectivity index (χ1n) is 10.7. The van der Waals surface area contributed by atoms with Gasteiger partial charge >= 0.3 is 12.0 Å². The lowest BCUT2D eigenvalue weighted by molar-refractivity contribution is 0.0522. The summed E-state index contributed by atoms with van der Waals surface area (Å²) in [6, 6.07) is 12.2. The van der Waals surface area contributed by atoms with Crippen LogP contribution in [-0.2, 0) is 4.74 Å². The van der Waals surface area contributed by atoms with Crippen LogP contribution in [0.5, 0.6) is 0 Å². The number of aryl methyl sites for hydroxylation is 1. The second kappa shape index (κ2) is 8.90. The number of carbonyl (C=O) groups excluding carboxylic acids is 2. The standard InChI is InChI=1S/C24H27FN4O3/c1-4-32-23(30)22-21(19-13-17(25)8-9-20(19)26-22)27-24(31)28-10-11-29(16(3)14-28)18-7-5-6-15(2)12-18/h5-9,12-13,16,26H,4,10-11,14H2,1-3H3,(H,27,31)/t16-/m1/s1. The van der Waals surface area contributed by atoms with Gasteiger partial charge in [0.1, 0.15) is 11.5 Å². The second-order valence-electron chi connectivity index (χ2n) is 8.04. The van der Waals surface area contributed by atoms with Gasteiger partial charge in [0.2, 0.25) is 0 Å². The highest BCUT2D eigenvalue weighted by Crippen LogP contribution is 2.30. The lowest BCUT2D eigenvalue weighted by Crippen LogP contribution is -2.54. The number of halogens is 1. The van der Waals surface area contributed by atoms with Gasteiger partial charge in [0, 0.05) is 42.3 Å². The van der Waals surface area contributed by atoms with Crippen molar-refractivity contribution in [2.24, 2.45) is 0 Å². The van der Waals surface area contributed by atoms with Gasteiger partial charge in [0.25, 0.3) is 0 Å². The Bertz CT molecular complexity index is 1160. The summed E-state index contributed by atoms with van der Waals surface area (Å²) in [5.74, 6) is -1.06. The number of aromatic nitrogens is 1. The third-order valence-corrected chi connectivity index (χ3v) is 5.72. The number of hydrogen-bond acceptors (Lipinski definition) is 4. The van der Waals surface area contributed by atoms with E-state index in [1.165, 1.54) is 23.8 Å². The highest BCUT2D eigenvalue weighted by atomic mass is 19.1. The molecule has 1 saturated heterocycles. The summed E-state index contributed by atoms with van der Waals surface area (Å²) in [7, 11) is 0. The SMILES string of the molecule is CCOC(=O)c1[nH]c2ccc(F)cc2c1NC(=O)N1CCN(c2cccc(C)c2)[C@H](C)C1. The average Bonchev–Trinajstić information content (AvgIpc) is 3.11. The highest BCUT2D eigenvalue weighted by molar-refractivity contribution is 6.10. The van der Waals surface area contributed by atoms with Crippen molar-refractivity contribution in [1.82, 2.24) is 9.88 Å². The molecule has 1 aliphatic heterocycles. The molecule has 1 aromatic heterocycles. The van der Waals surface area contributed by atoms with Crippen LogP contribution in [0.1, 0.15) is 29.9 Å². The van der Waals surface area contributed by atoms with Gasteiger partial charge in [0.05, 0.1) is 12.3 Å². The minimum Gasteiger partial charge on any atom is -0.461 e. The maximum Gasteiger partial charge on any atom is 0.356 e. The molecule has 2 N–H and O–H groups in total. The fraction of sp³-hybridized carbons (Fsp3) is 0.333. The number of esters is 1. The van der Waals surface area contributed by atoms with Crippen LogP contribution >= 0.6 is 0 Å². The van der Waals surface area contributed by atoms with E-state index in [1.54, 1.807) is 11.8 Å². The van der Waals surface area contributed by atoms with Gasteiger partial charge in [-0.15, -0.1) is 0 Å². The molecule has 0 bridgehead atoms. The van der Waals surface area contributed by atoms with Crippen LogP contribution in [0.3, 0.4) is 0 Å². The summed E-state index contributed by atoms with van der Waals surface area (Å²) < 4.78 is 19.0. The van der Waals surface area contributed by atoms with Gasteiger partial charge in [0.15, 0.2) is 0 Å². The van der Waals surface area contributed by atoms with Gasteiger partial charge in [-0.3, -0.25) is 0 Å². The van der Waals surface area contributed by atoms with Gasteiger partial charge in [-0.2, -0.15) is 0 Å². The van der Waals surface area contributed by atoms with Crippen molar-refractivity contribution in [2.45, 2.75) is 26.8 Å². The Labute approximate surface area is 186 Å². The number of fused-ring (bicyclic) bond motifs is 1. The molecule has 0 aliphatic carbocycles. The van der Waals surface area contributed by atoms with E-state index in [-0.39, 0.29) is 30.1 Å². The average molecular weight is 439 g/mol. The quantitative estimate of drug-likeness (QED) is 0.587. The lowest BCUT2D eigenvalue weighted by Gasteiger charge is -2.41. The van der Waals surface area contributed by atoms with Crippen molar-refractivity contribution in [3.05, 3.63) is 59.5 Å². The topological polar surface area (TPSA) is 77.7 Å². The molecule has 1 aliphatic rings. The number of ether oxygens (including phenoxy) is 1. The number of anilines is 2. The molecule has 0 unspecified atom stereocenters. The predicted octanol–water partition coefficient (Wildman–Crippen LogP) is 4.53. The van der Waals surface area contributed by atoms with E-state index in [4.69, 9.17) is 4.74 Å². The van der Waals surface area contributed by atoms with E-state index in [2.05, 4.69) is 47.2 Å². The zero-order chi connectivity index (χ0) is 22.8. The Kier molecular flexibility index (Phi) is 6.03. The summed E-state index contributed by atoms with van der Waals surface area (Å²) >= 11 is 0. The zero-order valence-corrected chi connectivity index (χ0v) is 18.4. The number of urea groups is 1. The number of rotatable bonds is 4. The molecule has 0 saturated carbocycles. The van der Waals surface area contributed by atoms with E-state index in [9.17, 15) is 14.0 Å². The minimum absolute atomic E-state index is 0.104. The van der Waals surface area contributed by atoms with Crippen LogP contribution in [0.15, 0.2) is 42.5 Å². The summed E-state index contributed by atoms with van der Waals surface area (Å²) in [4.78, 5) is 32.5. The Morgan fingerprint density at radius 3 is 2.75 bits per heavy atom. The van der Waals surface area contributed by atoms with E-state index >= 15 is 0 Å². The summed E-state index contributed by atoms with van der Waals surface area (Å²) in [5.41, 5.74) is 3.20. The molecule has 2 heterocycles. The Hall–Kier alpha value is -3.55. The van der Waals surface area contributed by atoms with E-state index in [0.717, 1.165) is 5.69 Å². The molecule has 2 amide bonds. The van der Waals surface area contributed by atoms with Crippen LogP contribution in [0.25, 0.3) is 10.9 Å². The fourth-order valence-electron chi connectivity index (χ4n) is 4.17. The normalized spacial score (nSPS) is 16.3. The Morgan fingerprint density at radius 2 is 2.03 bits per heavy atom. The van der Waals surface area contributed by atoms with E-state index < -0.39 is 11.8 Å². The first-order chi connectivity index (χ1) is 15.4. The van der Waals surface area contributed by atoms with Crippen molar-refractivity contribution in [3.63, 3.8) is 0 Å². The predicted molar refractivity (Wildman–Crippen MR) is 123 cm³/mol. The number of piperazine rings is 1. The molecule has 8 heteroatoms. The highest BCUT2D eigenvalue weighted by Gasteiger charge is 2.29. The lowest BCUT2D eigenvalue weighted by atomic mass is 10.1. The molecule has 4 rings (SSSR count). The third kappa shape index (κ3) is 4.26. The Morgan fingerprint density at radius 1 is 1.22 bits per heavy atom. The van der Waals surface area contributed by atoms with Gasteiger partial charge in [-0.1, -0.05) is 12.1 Å². The molecule has 7 nitrogen and oxygen atoms in total. The maximum atomic E-state index is 13.9. The monoisotopic (exact) mass is 438 g/mol. The largest absolute Gasteiger partial charge is 0.461 e. The number of amides is 2. The van der Waals surface area contributed by atoms with Crippen LogP contribution in [0, 0.1) is 12.7 Å². The molecular weight excluding hydrogens is 411 g/mol. The van der Waals surface area contributed by atoms with Crippen molar-refractivity contribution < 1.29 is 18.7 Å². The van der Waals surface area contributed by atoms with Crippen LogP contribution in [-0.4, -0.2) is 54.2 Å². The molecule has 1 atom stereocenters. The fourth-order valence-corrected chi connectivity index (χ4v) is 4.17. The molecule has 2 aromatic carbocycles. The van der Waals surface area contributed by atoms with Gasteiger partial charge < -0.3 is 24.8 Å². The molecule has 1 fully saturated rings. The molecule has 3 aromatic rings. The number of aromatic amines is 1. The first kappa shape index (κ1) is 21.7. The number of benzene rings is 2. The number of nitrogens with one attached hydrogen (secondary N) is 2. The minimum atomic E-state index is -0.600. The van der Waals surface area contributed by atoms with Crippen molar-refractivity contribution in [1.29, 1.82) is 0 Å². The van der Waals surface area contributed by atoms with Crippen LogP contribution in [0.4, 0.5) is 20.6 Å². The van der Waals surface area contributed by atoms with Gasteiger partial charge in [-0.25, -0.2) is 14.0 Å². The number of hydrogen-bond donors (Lipinski definition) is 2.